The Morgan fingerprint density at radius 1 is 1.46 bits per heavy atom. The maximum Gasteiger partial charge on any atom is 0.220 e. The zero-order valence-corrected chi connectivity index (χ0v) is 17.2. The fraction of sp³-hybridized carbons (Fsp3) is 0.476. The van der Waals surface area contributed by atoms with E-state index in [4.69, 9.17) is 10.5 Å². The van der Waals surface area contributed by atoms with Gasteiger partial charge < -0.3 is 15.8 Å². The van der Waals surface area contributed by atoms with E-state index in [0.717, 1.165) is 22.3 Å². The Balaban J connectivity index is 1.97. The molecule has 2 atom stereocenters. The number of hydrogen-bond acceptors (Lipinski definition) is 5. The Morgan fingerprint density at radius 2 is 2.21 bits per heavy atom. The maximum atomic E-state index is 11.5. The van der Waals surface area contributed by atoms with E-state index in [1.807, 2.05) is 52.9 Å². The van der Waals surface area contributed by atoms with Crippen molar-refractivity contribution in [2.24, 2.45) is 16.6 Å². The summed E-state index contributed by atoms with van der Waals surface area (Å²) in [7, 11) is 0. The number of aryl methyl sites for hydroxylation is 1. The molecule has 0 aromatic carbocycles. The van der Waals surface area contributed by atoms with Gasteiger partial charge in [0, 0.05) is 48.6 Å². The highest BCUT2D eigenvalue weighted by Crippen LogP contribution is 2.29. The van der Waals surface area contributed by atoms with Crippen LogP contribution in [0.2, 0.25) is 0 Å². The van der Waals surface area contributed by atoms with Crippen LogP contribution in [0.15, 0.2) is 29.5 Å². The monoisotopic (exact) mass is 383 g/mol. The number of allylic oxidation sites excluding steroid dienone is 1. The Hall–Kier alpha value is -2.83. The third kappa shape index (κ3) is 4.52. The predicted octanol–water partition coefficient (Wildman–Crippen LogP) is 2.72. The van der Waals surface area contributed by atoms with Gasteiger partial charge in [-0.05, 0) is 46.8 Å². The maximum absolute atomic E-state index is 11.5. The average Bonchev–Trinajstić information content (AvgIpc) is 3.19. The van der Waals surface area contributed by atoms with Crippen molar-refractivity contribution in [1.29, 1.82) is 0 Å². The van der Waals surface area contributed by atoms with Gasteiger partial charge in [0.2, 0.25) is 5.91 Å². The molecule has 1 saturated heterocycles. The third-order valence-electron chi connectivity index (χ3n) is 4.75. The third-order valence-corrected chi connectivity index (χ3v) is 4.75. The second kappa shape index (κ2) is 7.66. The first-order valence-electron chi connectivity index (χ1n) is 9.57. The minimum atomic E-state index is -0.198. The summed E-state index contributed by atoms with van der Waals surface area (Å²) in [5, 5.41) is 7.40. The van der Waals surface area contributed by atoms with E-state index < -0.39 is 0 Å². The first-order chi connectivity index (χ1) is 13.2. The highest BCUT2D eigenvalue weighted by atomic mass is 16.5. The first-order valence-corrected chi connectivity index (χ1v) is 9.57. The number of carbonyl (C=O) groups is 1. The summed E-state index contributed by atoms with van der Waals surface area (Å²) < 4.78 is 8.09. The zero-order valence-electron chi connectivity index (χ0n) is 17.2. The summed E-state index contributed by atoms with van der Waals surface area (Å²) in [6.45, 7) is 10.7. The topological polar surface area (TPSA) is 94.0 Å². The number of nitrogens with two attached hydrogens (primary N) is 1. The highest BCUT2D eigenvalue weighted by molar-refractivity contribution is 6.10. The van der Waals surface area contributed by atoms with Crippen LogP contribution in [-0.4, -0.2) is 39.9 Å². The molecule has 0 radical (unpaired) electrons. The number of hydrogen-bond donors (Lipinski definition) is 2. The average molecular weight is 383 g/mol. The van der Waals surface area contributed by atoms with Gasteiger partial charge in [0.25, 0.3) is 0 Å². The molecule has 3 N–H and O–H groups in total. The van der Waals surface area contributed by atoms with E-state index in [-0.39, 0.29) is 23.5 Å². The van der Waals surface area contributed by atoms with E-state index in [1.54, 1.807) is 16.9 Å². The molecule has 1 fully saturated rings. The largest absolute Gasteiger partial charge is 0.488 e. The van der Waals surface area contributed by atoms with Crippen LogP contribution in [0.1, 0.15) is 45.4 Å². The van der Waals surface area contributed by atoms with Gasteiger partial charge in [-0.15, -0.1) is 0 Å². The molecule has 7 nitrogen and oxygen atoms in total. The normalized spacial score (nSPS) is 19.4. The van der Waals surface area contributed by atoms with Crippen molar-refractivity contribution in [2.75, 3.05) is 6.54 Å². The second-order valence-electron chi connectivity index (χ2n) is 8.35. The highest BCUT2D eigenvalue weighted by Gasteiger charge is 2.28. The molecule has 3 rings (SSSR count). The zero-order chi connectivity index (χ0) is 20.5. The molecule has 1 aliphatic rings. The van der Waals surface area contributed by atoms with Crippen LogP contribution >= 0.6 is 0 Å². The Bertz CT molecular complexity index is 936. The lowest BCUT2D eigenvalue weighted by molar-refractivity contribution is -0.119. The quantitative estimate of drug-likeness (QED) is 0.776. The van der Waals surface area contributed by atoms with Crippen molar-refractivity contribution >= 4 is 23.2 Å². The first kappa shape index (κ1) is 19.9. The summed E-state index contributed by atoms with van der Waals surface area (Å²) in [4.78, 5) is 16.1. The minimum Gasteiger partial charge on any atom is -0.488 e. The summed E-state index contributed by atoms with van der Waals surface area (Å²) in [5.41, 5.74) is 9.12. The van der Waals surface area contributed by atoms with Gasteiger partial charge in [-0.1, -0.05) is 0 Å². The number of fused-ring (bicyclic) bond motifs is 1. The number of rotatable bonds is 5. The number of carbonyl (C=O) groups excluding carboxylic acids is 1. The van der Waals surface area contributed by atoms with Crippen LogP contribution < -0.4 is 15.8 Å². The minimum absolute atomic E-state index is 0.0753. The molecule has 0 unspecified atom stereocenters. The van der Waals surface area contributed by atoms with E-state index in [9.17, 15) is 4.79 Å². The molecule has 2 aromatic heterocycles. The fourth-order valence-electron chi connectivity index (χ4n) is 3.17. The van der Waals surface area contributed by atoms with Gasteiger partial charge in [0.05, 0.1) is 11.2 Å². The molecular formula is C21H29N5O2. The van der Waals surface area contributed by atoms with Crippen molar-refractivity contribution in [3.8, 4) is 5.75 Å². The van der Waals surface area contributed by atoms with Crippen LogP contribution in [0, 0.1) is 12.8 Å². The van der Waals surface area contributed by atoms with Crippen molar-refractivity contribution in [3.05, 3.63) is 35.8 Å². The molecule has 1 amide bonds. The number of aliphatic imine (C=N–C) groups is 1. The van der Waals surface area contributed by atoms with Crippen LogP contribution in [-0.2, 0) is 4.79 Å². The van der Waals surface area contributed by atoms with E-state index >= 15 is 0 Å². The van der Waals surface area contributed by atoms with Crippen LogP contribution in [0.4, 0.5) is 0 Å². The molecule has 0 spiro atoms. The predicted molar refractivity (Wildman–Crippen MR) is 112 cm³/mol. The summed E-state index contributed by atoms with van der Waals surface area (Å²) in [6.07, 6.45) is 5.63. The van der Waals surface area contributed by atoms with Crippen LogP contribution in [0.3, 0.4) is 0 Å². The van der Waals surface area contributed by atoms with Crippen molar-refractivity contribution < 1.29 is 9.53 Å². The smallest absolute Gasteiger partial charge is 0.220 e. The molecular weight excluding hydrogens is 354 g/mol. The van der Waals surface area contributed by atoms with Gasteiger partial charge in [0.1, 0.15) is 17.4 Å². The number of nitrogens with one attached hydrogen (secondary N) is 1. The van der Waals surface area contributed by atoms with Gasteiger partial charge in [0.15, 0.2) is 0 Å². The second-order valence-corrected chi connectivity index (χ2v) is 8.35. The van der Waals surface area contributed by atoms with Crippen LogP contribution in [0.5, 0.6) is 5.75 Å². The molecule has 7 heteroatoms. The Morgan fingerprint density at radius 3 is 2.82 bits per heavy atom. The molecule has 3 heterocycles. The molecule has 1 aliphatic heterocycles. The van der Waals surface area contributed by atoms with E-state index in [1.165, 1.54) is 0 Å². The summed E-state index contributed by atoms with van der Waals surface area (Å²) in [5.74, 6) is 0.937. The van der Waals surface area contributed by atoms with Gasteiger partial charge in [-0.3, -0.25) is 9.79 Å². The standard InChI is InChI=1S/C21H29N5O2/c1-13-6-18-19(28-14(2)15-8-20(27)23-10-15)7-16(12-26(18)25-13)17(9-22)11-24-21(3,4)5/h6-7,9,11-12,14-15H,8,10,22H2,1-5H3,(H,23,27)/t14-,15-/m1/s1. The summed E-state index contributed by atoms with van der Waals surface area (Å²) in [6, 6.07) is 3.95. The van der Waals surface area contributed by atoms with Gasteiger partial charge in [-0.2, -0.15) is 5.10 Å². The van der Waals surface area contributed by atoms with Crippen molar-refractivity contribution in [1.82, 2.24) is 14.9 Å². The SMILES string of the molecule is Cc1cc2c(O[C@H](C)[C@H]3CNC(=O)C3)cc(C(C=NC(C)(C)C)=CN)cn2n1. The number of pyridine rings is 1. The molecule has 0 bridgehead atoms. The fourth-order valence-corrected chi connectivity index (χ4v) is 3.17. The summed E-state index contributed by atoms with van der Waals surface area (Å²) >= 11 is 0. The number of nitrogens with zero attached hydrogens (tertiary/aromatic N) is 3. The van der Waals surface area contributed by atoms with Gasteiger partial charge in [-0.25, -0.2) is 4.52 Å². The number of aromatic nitrogens is 2. The van der Waals surface area contributed by atoms with E-state index in [2.05, 4.69) is 15.4 Å². The Kier molecular flexibility index (Phi) is 5.45. The lowest BCUT2D eigenvalue weighted by atomic mass is 10.0. The van der Waals surface area contributed by atoms with Crippen LogP contribution in [0.25, 0.3) is 11.1 Å². The van der Waals surface area contributed by atoms with Crippen molar-refractivity contribution in [2.45, 2.75) is 52.7 Å². The number of amides is 1. The lowest BCUT2D eigenvalue weighted by Crippen LogP contribution is -2.25. The molecule has 150 valence electrons. The molecule has 2 aromatic rings. The lowest BCUT2D eigenvalue weighted by Gasteiger charge is -2.21. The van der Waals surface area contributed by atoms with E-state index in [0.29, 0.717) is 18.7 Å². The molecule has 0 aliphatic carbocycles. The molecule has 0 saturated carbocycles. The van der Waals surface area contributed by atoms with Gasteiger partial charge >= 0.3 is 0 Å². The number of ether oxygens (including phenoxy) is 1. The Labute approximate surface area is 165 Å². The van der Waals surface area contributed by atoms with Crippen molar-refractivity contribution in [3.63, 3.8) is 0 Å². The molecule has 28 heavy (non-hydrogen) atoms.